The number of ether oxygens (including phenoxy) is 10. The van der Waals surface area contributed by atoms with Gasteiger partial charge in [0, 0.05) is 24.5 Å². The predicted molar refractivity (Wildman–Crippen MR) is 271 cm³/mol. The van der Waals surface area contributed by atoms with Crippen molar-refractivity contribution in [2.45, 2.75) is 243 Å². The molecule has 4 aliphatic heterocycles. The molecule has 0 aromatic carbocycles. The van der Waals surface area contributed by atoms with Gasteiger partial charge in [-0.1, -0.05) is 12.2 Å². The van der Waals surface area contributed by atoms with Crippen LogP contribution in [0.2, 0.25) is 0 Å². The molecule has 0 amide bonds. The summed E-state index contributed by atoms with van der Waals surface area (Å²) in [5.74, 6) is -6.15. The van der Waals surface area contributed by atoms with Crippen molar-refractivity contribution in [3.8, 4) is 0 Å². The third-order valence-corrected chi connectivity index (χ3v) is 17.4. The van der Waals surface area contributed by atoms with E-state index in [1.165, 1.54) is 12.2 Å². The van der Waals surface area contributed by atoms with Crippen LogP contribution < -0.4 is 0 Å². The van der Waals surface area contributed by atoms with E-state index < -0.39 is 215 Å². The maximum Gasteiger partial charge on any atom is 0.330 e. The molecule has 83 heavy (non-hydrogen) atoms. The van der Waals surface area contributed by atoms with Crippen molar-refractivity contribution < 1.29 is 143 Å². The number of aliphatic hydroxyl groups is 14. The van der Waals surface area contributed by atoms with Gasteiger partial charge in [0.1, 0.15) is 106 Å². The predicted octanol–water partition coefficient (Wildman–Crippen LogP) is -5.06. The fraction of sp³-hybridized carbons (Fsp3) is 0.852. The maximum absolute atomic E-state index is 13.1. The Morgan fingerprint density at radius 2 is 0.892 bits per heavy atom. The Balaban J connectivity index is 1.05. The smallest absolute Gasteiger partial charge is 0.330 e. The van der Waals surface area contributed by atoms with Crippen molar-refractivity contribution in [1.29, 1.82) is 0 Å². The SMILES string of the molecule is O=C(O)CC(=O)OC[C@H]1O[C@@H](OC2CC(O)CC3OC(C4CC(O)C(O)C(O)C4)C(O[C@@H]4O[C@H](COC(=O)C=CC5CCC(O)CC5)[C@@H](O)[C@H](O)[C@H]4O[C@@H]4O[C@H](COC(=O)C=CC5CCC(O)CC5)[C@@H](O)[C@H](O)[C@H]4O)CC32)[C@H](O)[C@@H](O)[C@@H]1O. The van der Waals surface area contributed by atoms with Gasteiger partial charge >= 0.3 is 23.9 Å². The van der Waals surface area contributed by atoms with Gasteiger partial charge in [0.25, 0.3) is 0 Å². The number of allylic oxidation sites excluding steroid dienone is 2. The van der Waals surface area contributed by atoms with Gasteiger partial charge in [-0.05, 0) is 94.8 Å². The number of aliphatic carboxylic acids is 1. The van der Waals surface area contributed by atoms with Gasteiger partial charge in [-0.3, -0.25) is 9.59 Å². The number of hydrogen-bond donors (Lipinski definition) is 15. The van der Waals surface area contributed by atoms with Crippen LogP contribution in [-0.2, 0) is 66.5 Å². The van der Waals surface area contributed by atoms with E-state index in [4.69, 9.17) is 52.5 Å². The number of carboxylic acid groups (broad SMARTS) is 1. The lowest BCUT2D eigenvalue weighted by Crippen LogP contribution is -2.66. The van der Waals surface area contributed by atoms with Crippen LogP contribution in [0.1, 0.15) is 89.9 Å². The molecule has 4 heterocycles. The summed E-state index contributed by atoms with van der Waals surface area (Å²) < 4.78 is 59.6. The molecule has 15 N–H and O–H groups in total. The fourth-order valence-corrected chi connectivity index (χ4v) is 12.5. The molecule has 8 rings (SSSR count). The van der Waals surface area contributed by atoms with Gasteiger partial charge < -0.3 is 124 Å². The largest absolute Gasteiger partial charge is 0.481 e. The first kappa shape index (κ1) is 65.5. The molecule has 0 radical (unpaired) electrons. The van der Waals surface area contributed by atoms with Crippen LogP contribution in [-0.4, -0.2) is 273 Å². The minimum atomic E-state index is -2.09. The van der Waals surface area contributed by atoms with Crippen molar-refractivity contribution in [1.82, 2.24) is 0 Å². The molecule has 29 heteroatoms. The van der Waals surface area contributed by atoms with E-state index >= 15 is 0 Å². The van der Waals surface area contributed by atoms with Crippen LogP contribution in [0.15, 0.2) is 24.3 Å². The lowest BCUT2D eigenvalue weighted by molar-refractivity contribution is -0.380. The van der Waals surface area contributed by atoms with E-state index in [-0.39, 0.29) is 43.9 Å². The number of aliphatic hydroxyl groups excluding tert-OH is 14. The summed E-state index contributed by atoms with van der Waals surface area (Å²) in [7, 11) is 0. The summed E-state index contributed by atoms with van der Waals surface area (Å²) in [5, 5.41) is 162. The Morgan fingerprint density at radius 3 is 1.40 bits per heavy atom. The molecular weight excluding hydrogens is 1110 g/mol. The summed E-state index contributed by atoms with van der Waals surface area (Å²) in [6.07, 6.45) is -30.9. The van der Waals surface area contributed by atoms with Crippen LogP contribution in [0.25, 0.3) is 0 Å². The normalized spacial score (nSPS) is 46.2. The number of carbonyl (C=O) groups excluding carboxylic acids is 3. The van der Waals surface area contributed by atoms with E-state index in [1.54, 1.807) is 12.2 Å². The van der Waals surface area contributed by atoms with E-state index in [1.807, 2.05) is 0 Å². The number of rotatable bonds is 19. The Labute approximate surface area is 476 Å². The van der Waals surface area contributed by atoms with E-state index in [0.29, 0.717) is 51.4 Å². The summed E-state index contributed by atoms with van der Waals surface area (Å²) in [6, 6.07) is 0. The number of carbonyl (C=O) groups is 4. The average Bonchev–Trinajstić information content (AvgIpc) is 2.88. The van der Waals surface area contributed by atoms with Crippen molar-refractivity contribution in [2.75, 3.05) is 19.8 Å². The highest BCUT2D eigenvalue weighted by Gasteiger charge is 2.57. The van der Waals surface area contributed by atoms with Crippen LogP contribution in [0.5, 0.6) is 0 Å². The zero-order chi connectivity index (χ0) is 60.0. The molecule has 472 valence electrons. The first-order valence-corrected chi connectivity index (χ1v) is 28.6. The second kappa shape index (κ2) is 29.5. The third-order valence-electron chi connectivity index (χ3n) is 17.4. The number of carboxylic acids is 1. The minimum Gasteiger partial charge on any atom is -0.481 e. The summed E-state index contributed by atoms with van der Waals surface area (Å²) in [4.78, 5) is 49.1. The zero-order valence-corrected chi connectivity index (χ0v) is 45.5. The lowest BCUT2D eigenvalue weighted by Gasteiger charge is -2.53. The van der Waals surface area contributed by atoms with Crippen LogP contribution in [0, 0.1) is 23.7 Å². The molecule has 8 aliphatic rings. The molecule has 0 aromatic heterocycles. The maximum atomic E-state index is 13.1. The van der Waals surface area contributed by atoms with Crippen molar-refractivity contribution in [3.05, 3.63) is 24.3 Å². The zero-order valence-electron chi connectivity index (χ0n) is 45.5. The van der Waals surface area contributed by atoms with Gasteiger partial charge in [0.15, 0.2) is 18.9 Å². The monoisotopic (exact) mass is 1190 g/mol. The molecule has 0 bridgehead atoms. The molecule has 0 aromatic rings. The van der Waals surface area contributed by atoms with Gasteiger partial charge in [0.2, 0.25) is 0 Å². The number of fused-ring (bicyclic) bond motifs is 1. The Morgan fingerprint density at radius 1 is 0.434 bits per heavy atom. The molecule has 4 saturated carbocycles. The van der Waals surface area contributed by atoms with Crippen LogP contribution in [0.4, 0.5) is 0 Å². The second-order valence-electron chi connectivity index (χ2n) is 23.4. The van der Waals surface area contributed by atoms with Crippen molar-refractivity contribution in [3.63, 3.8) is 0 Å². The highest BCUT2D eigenvalue weighted by molar-refractivity contribution is 5.90. The van der Waals surface area contributed by atoms with Crippen LogP contribution >= 0.6 is 0 Å². The summed E-state index contributed by atoms with van der Waals surface area (Å²) in [5.41, 5.74) is 0. The van der Waals surface area contributed by atoms with Gasteiger partial charge in [-0.2, -0.15) is 0 Å². The molecule has 29 nitrogen and oxygen atoms in total. The quantitative estimate of drug-likeness (QED) is 0.0249. The molecule has 8 fully saturated rings. The van der Waals surface area contributed by atoms with E-state index in [0.717, 1.165) is 0 Å². The topological polar surface area (TPSA) is 464 Å². The average molecular weight is 1200 g/mol. The number of hydrogen-bond acceptors (Lipinski definition) is 28. The number of esters is 3. The van der Waals surface area contributed by atoms with Gasteiger partial charge in [0.05, 0.1) is 54.9 Å². The lowest BCUT2D eigenvalue weighted by atomic mass is 9.72. The van der Waals surface area contributed by atoms with E-state index in [2.05, 4.69) is 0 Å². The summed E-state index contributed by atoms with van der Waals surface area (Å²) in [6.45, 7) is -2.17. The minimum absolute atomic E-state index is 0.000714. The fourth-order valence-electron chi connectivity index (χ4n) is 12.5. The molecule has 23 atom stereocenters. The van der Waals surface area contributed by atoms with Crippen molar-refractivity contribution >= 4 is 23.9 Å². The Kier molecular flexibility index (Phi) is 23.3. The first-order valence-electron chi connectivity index (χ1n) is 28.6. The highest BCUT2D eigenvalue weighted by Crippen LogP contribution is 2.46. The van der Waals surface area contributed by atoms with Gasteiger partial charge in [-0.25, -0.2) is 9.59 Å². The second-order valence-corrected chi connectivity index (χ2v) is 23.4. The van der Waals surface area contributed by atoms with Crippen LogP contribution in [0.3, 0.4) is 0 Å². The van der Waals surface area contributed by atoms with Gasteiger partial charge in [-0.15, -0.1) is 0 Å². The Bertz CT molecular complexity index is 2160. The molecule has 4 saturated heterocycles. The molecular formula is C54H82O29. The molecule has 4 aliphatic carbocycles. The third kappa shape index (κ3) is 16.8. The molecule has 0 spiro atoms. The summed E-state index contributed by atoms with van der Waals surface area (Å²) >= 11 is 0. The van der Waals surface area contributed by atoms with E-state index in [9.17, 15) is 90.7 Å². The Hall–Kier alpha value is -3.48. The standard InChI is InChI=1S/C54H82O29/c55-25-7-1-22(2-8-25)5-11-38(62)74-19-34-42(66)46(70)49(73)53(81-34)83-51-47(71)44(68)36(20-75-39(63)12-6-23-3-9-26(56)10-4-23)82-54(51)79-33-17-28-31(77-50(33)24-13-29(58)41(65)30(59)14-24)15-27(57)16-32(28)78-52-48(72)45(69)43(67)35(80-52)21-76-40(64)18-37(60)61/h5-6,11-12,22-36,41-59,65-73H,1-4,7-10,13-21H2,(H,60,61)/t22?,23?,24?,25?,26?,27?,28?,29?,30?,31?,32?,33?,34-,35-,36-,41?,42-,43-,44-,45+,46+,47+,48-,49-,50?,51-,52-,53+,54-/m1/s1. The molecule has 8 unspecified atom stereocenters. The first-order chi connectivity index (χ1) is 39.4. The highest BCUT2D eigenvalue weighted by atomic mass is 16.8. The van der Waals surface area contributed by atoms with Crippen molar-refractivity contribution in [2.24, 2.45) is 23.7 Å².